The molecule has 0 bridgehead atoms. The van der Waals surface area contributed by atoms with Crippen molar-refractivity contribution in [2.24, 2.45) is 5.92 Å². The van der Waals surface area contributed by atoms with E-state index in [1.54, 1.807) is 38.2 Å². The minimum absolute atomic E-state index is 0.0328. The first kappa shape index (κ1) is 25.8. The average molecular weight is 530 g/mol. The Balaban J connectivity index is 1.45. The van der Waals surface area contributed by atoms with Crippen molar-refractivity contribution in [3.8, 4) is 17.0 Å². The monoisotopic (exact) mass is 529 g/mol. The van der Waals surface area contributed by atoms with E-state index in [2.05, 4.69) is 25.3 Å². The smallest absolute Gasteiger partial charge is 0.256 e. The van der Waals surface area contributed by atoms with Crippen LogP contribution in [-0.4, -0.2) is 69.0 Å². The molecular weight excluding hydrogens is 499 g/mol. The SMILES string of the molecule is COc1nc(N[C@H]2CC[C@@H](C(=O)N(C)C)CC2)nc2[nH]cc(-c3cc(F)c4nc(C)n(CC(F)F)c4c3)c12. The van der Waals surface area contributed by atoms with Crippen molar-refractivity contribution in [2.45, 2.75) is 51.6 Å². The Kier molecular flexibility index (Phi) is 6.89. The number of hydrogen-bond acceptors (Lipinski definition) is 6. The number of aromatic amines is 1. The summed E-state index contributed by atoms with van der Waals surface area (Å²) in [7, 11) is 5.04. The van der Waals surface area contributed by atoms with Crippen LogP contribution in [0.2, 0.25) is 0 Å². The first-order chi connectivity index (χ1) is 18.2. The number of nitrogens with one attached hydrogen (secondary N) is 2. The van der Waals surface area contributed by atoms with E-state index in [0.717, 1.165) is 25.7 Å². The summed E-state index contributed by atoms with van der Waals surface area (Å²) in [5.74, 6) is 0.575. The van der Waals surface area contributed by atoms with E-state index in [1.165, 1.54) is 17.7 Å². The predicted molar refractivity (Wildman–Crippen MR) is 138 cm³/mol. The van der Waals surface area contributed by atoms with Crippen LogP contribution in [0.1, 0.15) is 31.5 Å². The highest BCUT2D eigenvalue weighted by Crippen LogP contribution is 2.37. The maximum Gasteiger partial charge on any atom is 0.256 e. The molecule has 12 heteroatoms. The van der Waals surface area contributed by atoms with Gasteiger partial charge in [-0.1, -0.05) is 0 Å². The van der Waals surface area contributed by atoms with E-state index < -0.39 is 18.8 Å². The van der Waals surface area contributed by atoms with E-state index in [4.69, 9.17) is 4.74 Å². The number of carbonyl (C=O) groups is 1. The van der Waals surface area contributed by atoms with Crippen LogP contribution in [0.15, 0.2) is 18.3 Å². The maximum absolute atomic E-state index is 15.0. The Morgan fingerprint density at radius 3 is 2.61 bits per heavy atom. The van der Waals surface area contributed by atoms with Crippen molar-refractivity contribution in [1.29, 1.82) is 0 Å². The highest BCUT2D eigenvalue weighted by atomic mass is 19.3. The van der Waals surface area contributed by atoms with Gasteiger partial charge in [0.25, 0.3) is 6.43 Å². The number of rotatable bonds is 7. The Hall–Kier alpha value is -3.83. The van der Waals surface area contributed by atoms with Crippen LogP contribution in [0.5, 0.6) is 5.88 Å². The van der Waals surface area contributed by atoms with Crippen LogP contribution >= 0.6 is 0 Å². The number of aryl methyl sites for hydroxylation is 1. The van der Waals surface area contributed by atoms with E-state index in [-0.39, 0.29) is 28.9 Å². The fourth-order valence-corrected chi connectivity index (χ4v) is 5.29. The van der Waals surface area contributed by atoms with Crippen LogP contribution in [0.4, 0.5) is 19.1 Å². The van der Waals surface area contributed by atoms with Gasteiger partial charge in [0.15, 0.2) is 5.82 Å². The Labute approximate surface area is 217 Å². The third-order valence-corrected chi connectivity index (χ3v) is 7.17. The Morgan fingerprint density at radius 2 is 1.95 bits per heavy atom. The zero-order chi connectivity index (χ0) is 27.1. The molecule has 0 unspecified atom stereocenters. The minimum Gasteiger partial charge on any atom is -0.480 e. The fourth-order valence-electron chi connectivity index (χ4n) is 5.29. The molecule has 3 heterocycles. The van der Waals surface area contributed by atoms with Gasteiger partial charge in [-0.3, -0.25) is 4.79 Å². The highest BCUT2D eigenvalue weighted by Gasteiger charge is 2.28. The number of imidazole rings is 1. The van der Waals surface area contributed by atoms with Crippen molar-refractivity contribution in [3.63, 3.8) is 0 Å². The number of aromatic nitrogens is 5. The van der Waals surface area contributed by atoms with Crippen LogP contribution in [0.3, 0.4) is 0 Å². The summed E-state index contributed by atoms with van der Waals surface area (Å²) in [4.78, 5) is 30.3. The third kappa shape index (κ3) is 4.74. The number of carbonyl (C=O) groups excluding carboxylic acids is 1. The molecule has 0 atom stereocenters. The van der Waals surface area contributed by atoms with Gasteiger partial charge in [0.05, 0.1) is 24.6 Å². The molecule has 1 aliphatic carbocycles. The van der Waals surface area contributed by atoms with Crippen molar-refractivity contribution in [1.82, 2.24) is 29.4 Å². The summed E-state index contributed by atoms with van der Waals surface area (Å²) in [6.07, 6.45) is 2.27. The first-order valence-electron chi connectivity index (χ1n) is 12.5. The highest BCUT2D eigenvalue weighted by molar-refractivity contribution is 5.99. The number of nitrogens with zero attached hydrogens (tertiary/aromatic N) is 5. The molecule has 0 saturated heterocycles. The number of hydrogen-bond donors (Lipinski definition) is 2. The molecular formula is C26H30F3N7O2. The number of fused-ring (bicyclic) bond motifs is 2. The van der Waals surface area contributed by atoms with E-state index in [0.29, 0.717) is 39.8 Å². The van der Waals surface area contributed by atoms with Gasteiger partial charge in [-0.25, -0.2) is 18.2 Å². The Morgan fingerprint density at radius 1 is 1.21 bits per heavy atom. The normalized spacial score (nSPS) is 17.9. The topological polar surface area (TPSA) is 101 Å². The second-order valence-corrected chi connectivity index (χ2v) is 9.89. The van der Waals surface area contributed by atoms with Gasteiger partial charge >= 0.3 is 0 Å². The van der Waals surface area contributed by atoms with Crippen molar-refractivity contribution in [2.75, 3.05) is 26.5 Å². The summed E-state index contributed by atoms with van der Waals surface area (Å²) < 4.78 is 48.3. The molecule has 38 heavy (non-hydrogen) atoms. The molecule has 1 aliphatic rings. The molecule has 0 spiro atoms. The number of amides is 1. The number of anilines is 1. The largest absolute Gasteiger partial charge is 0.480 e. The lowest BCUT2D eigenvalue weighted by atomic mass is 9.85. The molecule has 3 aromatic heterocycles. The molecule has 1 fully saturated rings. The summed E-state index contributed by atoms with van der Waals surface area (Å²) in [5, 5.41) is 3.91. The zero-order valence-corrected chi connectivity index (χ0v) is 21.7. The number of H-pyrrole nitrogens is 1. The van der Waals surface area contributed by atoms with Gasteiger partial charge in [-0.05, 0) is 50.3 Å². The molecule has 1 aromatic carbocycles. The van der Waals surface area contributed by atoms with Gasteiger partial charge in [-0.15, -0.1) is 0 Å². The van der Waals surface area contributed by atoms with Crippen molar-refractivity contribution in [3.05, 3.63) is 30.0 Å². The summed E-state index contributed by atoms with van der Waals surface area (Å²) in [6, 6.07) is 3.08. The molecule has 9 nitrogen and oxygen atoms in total. The second kappa shape index (κ2) is 10.1. The number of methoxy groups -OCH3 is 1. The van der Waals surface area contributed by atoms with E-state index in [9.17, 15) is 13.6 Å². The molecule has 0 aliphatic heterocycles. The molecule has 5 rings (SSSR count). The van der Waals surface area contributed by atoms with Gasteiger partial charge in [0.1, 0.15) is 17.0 Å². The quantitative estimate of drug-likeness (QED) is 0.358. The van der Waals surface area contributed by atoms with Crippen LogP contribution < -0.4 is 10.1 Å². The fraction of sp³-hybridized carbons (Fsp3) is 0.462. The van der Waals surface area contributed by atoms with Crippen molar-refractivity contribution >= 4 is 33.9 Å². The van der Waals surface area contributed by atoms with Crippen LogP contribution in [0, 0.1) is 18.7 Å². The maximum atomic E-state index is 15.0. The van der Waals surface area contributed by atoms with Gasteiger partial charge in [0, 0.05) is 37.8 Å². The lowest BCUT2D eigenvalue weighted by Crippen LogP contribution is -2.35. The molecule has 0 radical (unpaired) electrons. The summed E-state index contributed by atoms with van der Waals surface area (Å²) in [6.45, 7) is 0.997. The lowest BCUT2D eigenvalue weighted by molar-refractivity contribution is -0.133. The molecule has 1 saturated carbocycles. The molecule has 2 N–H and O–H groups in total. The summed E-state index contributed by atoms with van der Waals surface area (Å²) in [5.41, 5.74) is 1.86. The first-order valence-corrected chi connectivity index (χ1v) is 12.5. The number of halogens is 3. The number of ether oxygens (including phenoxy) is 1. The van der Waals surface area contributed by atoms with E-state index >= 15 is 4.39 Å². The predicted octanol–water partition coefficient (Wildman–Crippen LogP) is 4.75. The third-order valence-electron chi connectivity index (χ3n) is 7.17. The Bertz CT molecular complexity index is 1490. The van der Waals surface area contributed by atoms with Crippen LogP contribution in [0.25, 0.3) is 33.2 Å². The number of benzene rings is 1. The van der Waals surface area contributed by atoms with E-state index in [1.807, 2.05) is 0 Å². The summed E-state index contributed by atoms with van der Waals surface area (Å²) >= 11 is 0. The molecule has 202 valence electrons. The molecule has 4 aromatic rings. The van der Waals surface area contributed by atoms with Gasteiger partial charge < -0.3 is 24.5 Å². The minimum atomic E-state index is -2.60. The average Bonchev–Trinajstić information content (AvgIpc) is 3.44. The van der Waals surface area contributed by atoms with Crippen LogP contribution in [-0.2, 0) is 11.3 Å². The lowest BCUT2D eigenvalue weighted by Gasteiger charge is -2.29. The zero-order valence-electron chi connectivity index (χ0n) is 21.7. The number of alkyl halides is 2. The van der Waals surface area contributed by atoms with Gasteiger partial charge in [-0.2, -0.15) is 9.97 Å². The second-order valence-electron chi connectivity index (χ2n) is 9.89. The molecule has 1 amide bonds. The standard InChI is InChI=1S/C26H30F3N7O2/c1-13-31-22-18(27)9-15(10-19(22)36(13)12-20(28)29)17-11-30-23-21(17)24(38-4)34-26(33-23)32-16-7-5-14(6-8-16)25(37)35(2)3/h9-11,14,16,20H,5-8,12H2,1-4H3,(H2,30,32,33,34)/t14-,16+. The van der Waals surface area contributed by atoms with Gasteiger partial charge in [0.2, 0.25) is 17.7 Å². The van der Waals surface area contributed by atoms with Crippen molar-refractivity contribution < 1.29 is 22.7 Å².